The van der Waals surface area contributed by atoms with Crippen LogP contribution in [0.4, 0.5) is 5.69 Å². The van der Waals surface area contributed by atoms with Crippen LogP contribution in [0.2, 0.25) is 0 Å². The predicted octanol–water partition coefficient (Wildman–Crippen LogP) is 1.83. The number of amides is 1. The van der Waals surface area contributed by atoms with E-state index in [1.54, 1.807) is 7.05 Å². The van der Waals surface area contributed by atoms with Crippen molar-refractivity contribution in [1.82, 2.24) is 0 Å². The first kappa shape index (κ1) is 13.2. The minimum atomic E-state index is -0.522. The van der Waals surface area contributed by atoms with Gasteiger partial charge in [0, 0.05) is 12.7 Å². The van der Waals surface area contributed by atoms with Gasteiger partial charge in [-0.2, -0.15) is 0 Å². The molecule has 1 rings (SSSR count). The van der Waals surface area contributed by atoms with E-state index in [1.165, 1.54) is 12.0 Å². The van der Waals surface area contributed by atoms with E-state index in [0.717, 1.165) is 16.8 Å². The standard InChI is InChI=1S/C13H17NO3/c1-9-5-6-11(10(2)7-9)14(3)12(15)8-13(16)17-4/h5-7H,8H2,1-4H3. The largest absolute Gasteiger partial charge is 0.469 e. The first-order valence-electron chi connectivity index (χ1n) is 5.36. The van der Waals surface area contributed by atoms with E-state index in [0.29, 0.717) is 0 Å². The maximum absolute atomic E-state index is 11.8. The second-order valence-corrected chi connectivity index (χ2v) is 4.00. The summed E-state index contributed by atoms with van der Waals surface area (Å²) < 4.78 is 4.47. The lowest BCUT2D eigenvalue weighted by Gasteiger charge is -2.19. The summed E-state index contributed by atoms with van der Waals surface area (Å²) in [7, 11) is 2.93. The van der Waals surface area contributed by atoms with Crippen LogP contribution >= 0.6 is 0 Å². The van der Waals surface area contributed by atoms with E-state index in [9.17, 15) is 9.59 Å². The van der Waals surface area contributed by atoms with E-state index >= 15 is 0 Å². The maximum atomic E-state index is 11.8. The Morgan fingerprint density at radius 2 is 1.94 bits per heavy atom. The summed E-state index contributed by atoms with van der Waals surface area (Å²) in [5, 5.41) is 0. The lowest BCUT2D eigenvalue weighted by molar-refractivity contribution is -0.143. The van der Waals surface area contributed by atoms with Gasteiger partial charge in [0.05, 0.1) is 7.11 Å². The number of hydrogen-bond acceptors (Lipinski definition) is 3. The molecule has 0 aliphatic rings. The summed E-state index contributed by atoms with van der Waals surface area (Å²) in [6.45, 7) is 3.93. The van der Waals surface area contributed by atoms with Gasteiger partial charge in [-0.15, -0.1) is 0 Å². The lowest BCUT2D eigenvalue weighted by atomic mass is 10.1. The smallest absolute Gasteiger partial charge is 0.315 e. The quantitative estimate of drug-likeness (QED) is 0.593. The third-order valence-electron chi connectivity index (χ3n) is 2.61. The van der Waals surface area contributed by atoms with E-state index < -0.39 is 5.97 Å². The van der Waals surface area contributed by atoms with Gasteiger partial charge in [-0.1, -0.05) is 17.7 Å². The van der Waals surface area contributed by atoms with Crippen molar-refractivity contribution in [2.45, 2.75) is 20.3 Å². The Morgan fingerprint density at radius 3 is 2.47 bits per heavy atom. The lowest BCUT2D eigenvalue weighted by Crippen LogP contribution is -2.29. The second kappa shape index (κ2) is 5.48. The summed E-state index contributed by atoms with van der Waals surface area (Å²) in [5.74, 6) is -0.796. The van der Waals surface area contributed by atoms with Crippen molar-refractivity contribution in [3.05, 3.63) is 29.3 Å². The van der Waals surface area contributed by atoms with Gasteiger partial charge >= 0.3 is 5.97 Å². The average molecular weight is 235 g/mol. The molecule has 0 unspecified atom stereocenters. The molecule has 0 N–H and O–H groups in total. The zero-order valence-electron chi connectivity index (χ0n) is 10.6. The zero-order chi connectivity index (χ0) is 13.0. The number of carbonyl (C=O) groups is 2. The van der Waals surface area contributed by atoms with Crippen molar-refractivity contribution >= 4 is 17.6 Å². The third-order valence-corrected chi connectivity index (χ3v) is 2.61. The van der Waals surface area contributed by atoms with Crippen LogP contribution in [-0.2, 0) is 14.3 Å². The van der Waals surface area contributed by atoms with Crippen LogP contribution in [0.25, 0.3) is 0 Å². The first-order chi connectivity index (χ1) is 7.95. The fourth-order valence-electron chi connectivity index (χ4n) is 1.63. The normalized spacial score (nSPS) is 9.88. The van der Waals surface area contributed by atoms with Crippen LogP contribution in [-0.4, -0.2) is 26.0 Å². The number of hydrogen-bond donors (Lipinski definition) is 0. The molecular weight excluding hydrogens is 218 g/mol. The number of aryl methyl sites for hydroxylation is 2. The van der Waals surface area contributed by atoms with Crippen LogP contribution in [0.5, 0.6) is 0 Å². The van der Waals surface area contributed by atoms with E-state index in [4.69, 9.17) is 0 Å². The predicted molar refractivity (Wildman–Crippen MR) is 66.0 cm³/mol. The highest BCUT2D eigenvalue weighted by Crippen LogP contribution is 2.20. The number of carbonyl (C=O) groups excluding carboxylic acids is 2. The molecule has 0 heterocycles. The zero-order valence-corrected chi connectivity index (χ0v) is 10.6. The molecule has 0 spiro atoms. The van der Waals surface area contributed by atoms with Crippen molar-refractivity contribution in [1.29, 1.82) is 0 Å². The highest BCUT2D eigenvalue weighted by molar-refractivity contribution is 6.03. The number of anilines is 1. The fraction of sp³-hybridized carbons (Fsp3) is 0.385. The summed E-state index contributed by atoms with van der Waals surface area (Å²) >= 11 is 0. The van der Waals surface area contributed by atoms with Gasteiger partial charge < -0.3 is 9.64 Å². The summed E-state index contributed by atoms with van der Waals surface area (Å²) in [6.07, 6.45) is -0.236. The molecule has 0 atom stereocenters. The highest BCUT2D eigenvalue weighted by Gasteiger charge is 2.16. The van der Waals surface area contributed by atoms with Gasteiger partial charge in [0.2, 0.25) is 5.91 Å². The van der Waals surface area contributed by atoms with Crippen LogP contribution < -0.4 is 4.90 Å². The summed E-state index contributed by atoms with van der Waals surface area (Å²) in [6, 6.07) is 5.81. The number of nitrogens with zero attached hydrogens (tertiary/aromatic N) is 1. The average Bonchev–Trinajstić information content (AvgIpc) is 2.28. The van der Waals surface area contributed by atoms with Crippen LogP contribution in [0.1, 0.15) is 17.5 Å². The number of benzene rings is 1. The Morgan fingerprint density at radius 1 is 1.29 bits per heavy atom. The molecular formula is C13H17NO3. The number of methoxy groups -OCH3 is 1. The molecule has 17 heavy (non-hydrogen) atoms. The summed E-state index contributed by atoms with van der Waals surface area (Å²) in [5.41, 5.74) is 2.95. The molecule has 4 nitrogen and oxygen atoms in total. The monoisotopic (exact) mass is 235 g/mol. The van der Waals surface area contributed by atoms with Gasteiger partial charge in [-0.3, -0.25) is 9.59 Å². The Balaban J connectivity index is 2.85. The third kappa shape index (κ3) is 3.31. The Hall–Kier alpha value is -1.84. The van der Waals surface area contributed by atoms with Gasteiger partial charge in [-0.05, 0) is 25.5 Å². The van der Waals surface area contributed by atoms with Crippen LogP contribution in [0.3, 0.4) is 0 Å². The van der Waals surface area contributed by atoms with Crippen LogP contribution in [0, 0.1) is 13.8 Å². The molecule has 1 aromatic carbocycles. The molecule has 0 aliphatic carbocycles. The topological polar surface area (TPSA) is 46.6 Å². The highest BCUT2D eigenvalue weighted by atomic mass is 16.5. The minimum absolute atomic E-state index is 0.236. The van der Waals surface area contributed by atoms with E-state index in [1.807, 2.05) is 32.0 Å². The van der Waals surface area contributed by atoms with Crippen molar-refractivity contribution in [2.75, 3.05) is 19.1 Å². The van der Waals surface area contributed by atoms with Gasteiger partial charge in [-0.25, -0.2) is 0 Å². The number of ether oxygens (including phenoxy) is 1. The molecule has 4 heteroatoms. The van der Waals surface area contributed by atoms with Crippen molar-refractivity contribution < 1.29 is 14.3 Å². The minimum Gasteiger partial charge on any atom is -0.469 e. The van der Waals surface area contributed by atoms with E-state index in [2.05, 4.69) is 4.74 Å². The van der Waals surface area contributed by atoms with Crippen molar-refractivity contribution in [3.63, 3.8) is 0 Å². The van der Waals surface area contributed by atoms with Gasteiger partial charge in [0.15, 0.2) is 0 Å². The molecule has 0 fully saturated rings. The van der Waals surface area contributed by atoms with Crippen LogP contribution in [0.15, 0.2) is 18.2 Å². The molecule has 0 bridgehead atoms. The molecule has 0 aliphatic heterocycles. The number of esters is 1. The Labute approximate surface area is 101 Å². The van der Waals surface area contributed by atoms with Crippen molar-refractivity contribution in [3.8, 4) is 0 Å². The van der Waals surface area contributed by atoms with E-state index in [-0.39, 0.29) is 12.3 Å². The molecule has 92 valence electrons. The fourth-order valence-corrected chi connectivity index (χ4v) is 1.63. The Bertz CT molecular complexity index is 440. The first-order valence-corrected chi connectivity index (χ1v) is 5.36. The molecule has 0 aromatic heterocycles. The van der Waals surface area contributed by atoms with Gasteiger partial charge in [0.1, 0.15) is 6.42 Å². The molecule has 0 radical (unpaired) electrons. The SMILES string of the molecule is COC(=O)CC(=O)N(C)c1ccc(C)cc1C. The van der Waals surface area contributed by atoms with Crippen molar-refractivity contribution in [2.24, 2.45) is 0 Å². The molecule has 1 amide bonds. The molecule has 1 aromatic rings. The molecule has 0 saturated heterocycles. The Kier molecular flexibility index (Phi) is 4.26. The van der Waals surface area contributed by atoms with Gasteiger partial charge in [0.25, 0.3) is 0 Å². The summed E-state index contributed by atoms with van der Waals surface area (Å²) in [4.78, 5) is 24.3. The number of rotatable bonds is 3. The second-order valence-electron chi connectivity index (χ2n) is 4.00. The molecule has 0 saturated carbocycles. The maximum Gasteiger partial charge on any atom is 0.315 e.